The molecule has 23 heteroatoms. The molecule has 18 nitrogen and oxygen atoms in total. The molecule has 8 aliphatic heterocycles. The molecule has 82 heavy (non-hydrogen) atoms. The predicted octanol–water partition coefficient (Wildman–Crippen LogP) is 5.39. The molecule has 29 atom stereocenters. The normalized spacial score (nSPS) is 46.6. The quantitative estimate of drug-likeness (QED) is 0.136. The number of hydrogen-bond acceptors (Lipinski definition) is 18. The maximum atomic E-state index is 13.6. The molecule has 8 rings (SSSR count). The Morgan fingerprint density at radius 3 is 0.951 bits per heavy atom. The first-order valence-electron chi connectivity index (χ1n) is 29.7. The molecule has 8 aliphatic rings. The molecule has 0 saturated carbocycles. The summed E-state index contributed by atoms with van der Waals surface area (Å²) in [5.41, 5.74) is -1.10. The standard InChI is InChI=1S/C9H18O2.C8H15FO2.C8H16O2.C7H12F2O2.2C7H13FO2.C7H14O2.C6H12O4/c1-6-8(5-10)11-7(2)9(6,3)4;1-5-7(4-10)11-6(2)8(5,3)9;1-5-6(2)8(4-9)10-7(5)3;1-4-6(3-10)11-5(2)7(4,8)9;1-4-6(3-9)10-5(2)7(4)8;1-4-5(2)10-6(3-9)7(4)8;1-5-3-7(4-8)9-6(5)2;1-3-5(8)6(9)4(2-7)10-3/h6-8,10H,5H2,1-4H3;5-7,10H,4H2,1-3H3;5-9H,4H2,1-3H3;4-6,10H,3H2,1-2H3;2*4-7,9H,3H2,1-2H3;5-8H,3-4H2,1-2H3;3-9H,2H2,1H3/t6-,7?,8-;5-,6?,7-,8-;5-,6+,7?,8-;4-,5?,6-;4-,5?,6-,7-;4-,5?,6+,7-;5-,6?,7+;3?,4-,5+,6-/m11111011/s1. The Labute approximate surface area is 487 Å². The van der Waals surface area contributed by atoms with Gasteiger partial charge in [-0.25, -0.2) is 22.0 Å². The smallest absolute Gasteiger partial charge is 0.278 e. The van der Waals surface area contributed by atoms with Gasteiger partial charge in [-0.3, -0.25) is 0 Å². The van der Waals surface area contributed by atoms with Crippen molar-refractivity contribution in [1.29, 1.82) is 0 Å². The minimum Gasteiger partial charge on any atom is -0.394 e. The fourth-order valence-corrected chi connectivity index (χ4v) is 10.7. The van der Waals surface area contributed by atoms with Gasteiger partial charge in [0.05, 0.1) is 138 Å². The molecule has 8 unspecified atom stereocenters. The summed E-state index contributed by atoms with van der Waals surface area (Å²) in [7, 11) is 0. The van der Waals surface area contributed by atoms with Gasteiger partial charge < -0.3 is 89.0 Å². The van der Waals surface area contributed by atoms with E-state index in [9.17, 15) is 22.0 Å². The van der Waals surface area contributed by atoms with Crippen LogP contribution < -0.4 is 0 Å². The average Bonchev–Trinajstić information content (AvgIpc) is 4.35. The fourth-order valence-electron chi connectivity index (χ4n) is 10.7. The maximum absolute atomic E-state index is 13.6. The van der Waals surface area contributed by atoms with Crippen molar-refractivity contribution in [3.8, 4) is 0 Å². The van der Waals surface area contributed by atoms with Gasteiger partial charge in [-0.15, -0.1) is 0 Å². The number of halogens is 5. The molecule has 10 N–H and O–H groups in total. The van der Waals surface area contributed by atoms with Gasteiger partial charge in [0.25, 0.3) is 5.92 Å². The van der Waals surface area contributed by atoms with Crippen molar-refractivity contribution >= 4 is 0 Å². The van der Waals surface area contributed by atoms with Crippen molar-refractivity contribution in [3.05, 3.63) is 0 Å². The Hall–Kier alpha value is -1.07. The van der Waals surface area contributed by atoms with Crippen LogP contribution in [0.4, 0.5) is 22.0 Å². The predicted molar refractivity (Wildman–Crippen MR) is 299 cm³/mol. The van der Waals surface area contributed by atoms with Gasteiger partial charge in [-0.1, -0.05) is 69.2 Å². The molecule has 0 bridgehead atoms. The highest BCUT2D eigenvalue weighted by atomic mass is 19.3. The molecule has 0 aromatic carbocycles. The highest BCUT2D eigenvalue weighted by molar-refractivity contribution is 4.97. The zero-order chi connectivity index (χ0) is 63.7. The maximum Gasteiger partial charge on any atom is 0.278 e. The van der Waals surface area contributed by atoms with Gasteiger partial charge >= 0.3 is 0 Å². The van der Waals surface area contributed by atoms with Crippen LogP contribution in [0.2, 0.25) is 0 Å². The molecule has 8 fully saturated rings. The summed E-state index contributed by atoms with van der Waals surface area (Å²) in [4.78, 5) is 0. The van der Waals surface area contributed by atoms with E-state index in [4.69, 9.17) is 89.0 Å². The van der Waals surface area contributed by atoms with E-state index in [-0.39, 0.29) is 131 Å². The monoisotopic (exact) mass is 1200 g/mol. The van der Waals surface area contributed by atoms with Crippen LogP contribution in [-0.2, 0) is 37.9 Å². The highest BCUT2D eigenvalue weighted by Gasteiger charge is 2.54. The minimum absolute atomic E-state index is 0.0417. The van der Waals surface area contributed by atoms with Crippen LogP contribution in [0.15, 0.2) is 0 Å². The second-order valence-electron chi connectivity index (χ2n) is 24.9. The summed E-state index contributed by atoms with van der Waals surface area (Å²) in [5, 5.41) is 87.9. The number of aliphatic hydroxyl groups excluding tert-OH is 10. The summed E-state index contributed by atoms with van der Waals surface area (Å²) < 4.78 is 107. The van der Waals surface area contributed by atoms with Crippen molar-refractivity contribution in [2.45, 2.75) is 272 Å². The van der Waals surface area contributed by atoms with Crippen LogP contribution in [0.3, 0.4) is 0 Å². The van der Waals surface area contributed by atoms with Crippen molar-refractivity contribution in [1.82, 2.24) is 0 Å². The van der Waals surface area contributed by atoms with E-state index in [1.54, 1.807) is 41.5 Å². The lowest BCUT2D eigenvalue weighted by Gasteiger charge is -2.26. The van der Waals surface area contributed by atoms with Crippen LogP contribution in [0.1, 0.15) is 138 Å². The largest absolute Gasteiger partial charge is 0.394 e. The van der Waals surface area contributed by atoms with E-state index in [1.165, 1.54) is 20.8 Å². The zero-order valence-corrected chi connectivity index (χ0v) is 52.7. The van der Waals surface area contributed by atoms with E-state index in [0.29, 0.717) is 35.9 Å². The Balaban J connectivity index is 0.000000469. The van der Waals surface area contributed by atoms with Crippen molar-refractivity contribution in [2.24, 2.45) is 52.8 Å². The van der Waals surface area contributed by atoms with Gasteiger partial charge in [0.15, 0.2) is 0 Å². The van der Waals surface area contributed by atoms with E-state index < -0.39 is 72.6 Å². The summed E-state index contributed by atoms with van der Waals surface area (Å²) in [6, 6.07) is 0. The summed E-state index contributed by atoms with van der Waals surface area (Å²) in [6.45, 7) is 35.2. The third-order valence-corrected chi connectivity index (χ3v) is 19.2. The highest BCUT2D eigenvalue weighted by Crippen LogP contribution is 2.43. The molecule has 0 radical (unpaired) electrons. The van der Waals surface area contributed by atoms with Crippen molar-refractivity contribution in [3.63, 3.8) is 0 Å². The Kier molecular flexibility index (Phi) is 34.5. The van der Waals surface area contributed by atoms with Crippen molar-refractivity contribution < 1.29 is 111 Å². The molecule has 0 aliphatic carbocycles. The number of alkyl halides is 5. The Morgan fingerprint density at radius 2 is 0.756 bits per heavy atom. The Morgan fingerprint density at radius 1 is 0.354 bits per heavy atom. The van der Waals surface area contributed by atoms with Gasteiger partial charge in [0.2, 0.25) is 0 Å². The molecule has 0 amide bonds. The van der Waals surface area contributed by atoms with Crippen molar-refractivity contribution in [2.75, 3.05) is 52.9 Å². The minimum atomic E-state index is -2.80. The van der Waals surface area contributed by atoms with Crippen LogP contribution in [0, 0.1) is 52.8 Å². The first-order chi connectivity index (χ1) is 37.9. The van der Waals surface area contributed by atoms with Gasteiger partial charge in [0.1, 0.15) is 48.5 Å². The van der Waals surface area contributed by atoms with E-state index in [1.807, 2.05) is 6.92 Å². The zero-order valence-electron chi connectivity index (χ0n) is 52.7. The summed E-state index contributed by atoms with van der Waals surface area (Å²) >= 11 is 0. The van der Waals surface area contributed by atoms with Crippen LogP contribution in [0.5, 0.6) is 0 Å². The van der Waals surface area contributed by atoms with Gasteiger partial charge in [0, 0.05) is 17.8 Å². The molecule has 8 saturated heterocycles. The number of aliphatic hydroxyl groups is 10. The third-order valence-electron chi connectivity index (χ3n) is 19.2. The topological polar surface area (TPSA) is 276 Å². The van der Waals surface area contributed by atoms with Gasteiger partial charge in [-0.05, 0) is 97.8 Å². The molecule has 492 valence electrons. The third kappa shape index (κ3) is 21.0. The first kappa shape index (κ1) is 78.9. The van der Waals surface area contributed by atoms with Crippen LogP contribution >= 0.6 is 0 Å². The average molecular weight is 1210 g/mol. The van der Waals surface area contributed by atoms with E-state index >= 15 is 0 Å². The lowest BCUT2D eigenvalue weighted by atomic mass is 9.76. The molecule has 8 heterocycles. The number of rotatable bonds is 8. The lowest BCUT2D eigenvalue weighted by molar-refractivity contribution is -0.0778. The van der Waals surface area contributed by atoms with Crippen LogP contribution in [-0.4, -0.2) is 238 Å². The van der Waals surface area contributed by atoms with E-state index in [0.717, 1.165) is 6.42 Å². The molecule has 0 aromatic heterocycles. The van der Waals surface area contributed by atoms with Gasteiger partial charge in [-0.2, -0.15) is 0 Å². The summed E-state index contributed by atoms with van der Waals surface area (Å²) in [5.74, 6) is -2.02. The molecule has 0 aromatic rings. The second-order valence-corrected chi connectivity index (χ2v) is 24.9. The molecular formula is C59H113F5O18. The fraction of sp³-hybridized carbons (Fsp3) is 1.00. The SMILES string of the molecule is CC1O[C@H](CO)C[C@H]1C.CC1O[C@H](CO)[C@@H](C)C1(C)C.CC1O[C@H](CO)[C@@H](C)C1(F)F.CC1O[C@H](CO)[C@@H](C)[C@@]1(C)F.CC1O[C@H](CO)[C@@H](C)[C@H]1C.CC1O[C@H](CO)[C@@H](C)[C@H]1F.CC1O[C@H](CO)[C@@H](F)[C@H]1C.CC1O[C@H](CO)[C@@H](O)[C@H]1O. The first-order valence-corrected chi connectivity index (χ1v) is 29.7. The summed E-state index contributed by atoms with van der Waals surface area (Å²) in [6.07, 6.45) is -6.42. The Bertz CT molecular complexity index is 1510. The number of hydrogen-bond donors (Lipinski definition) is 10. The number of ether oxygens (including phenoxy) is 8. The van der Waals surface area contributed by atoms with E-state index in [2.05, 4.69) is 62.3 Å². The lowest BCUT2D eigenvalue weighted by Crippen LogP contribution is -2.34. The second kappa shape index (κ2) is 35.8. The molecule has 0 spiro atoms. The molecular weight excluding hydrogens is 1090 g/mol. The van der Waals surface area contributed by atoms with Crippen LogP contribution in [0.25, 0.3) is 0 Å².